The molecule has 0 bridgehead atoms. The van der Waals surface area contributed by atoms with Crippen molar-refractivity contribution in [2.24, 2.45) is 0 Å². The van der Waals surface area contributed by atoms with Gasteiger partial charge >= 0.3 is 0 Å². The zero-order valence-corrected chi connectivity index (χ0v) is 16.4. The molecule has 0 heterocycles. The minimum absolute atomic E-state index is 0.00825. The molecular weight excluding hydrogens is 390 g/mol. The van der Waals surface area contributed by atoms with Crippen molar-refractivity contribution in [3.8, 4) is 0 Å². The van der Waals surface area contributed by atoms with Crippen molar-refractivity contribution in [2.75, 3.05) is 5.32 Å². The molecular formula is C18H20ClN3O4S. The Kier molecular flexibility index (Phi) is 6.95. The fourth-order valence-electron chi connectivity index (χ4n) is 2.26. The summed E-state index contributed by atoms with van der Waals surface area (Å²) < 4.78 is 27.1. The van der Waals surface area contributed by atoms with Gasteiger partial charge in [-0.05, 0) is 48.9 Å². The van der Waals surface area contributed by atoms with Crippen molar-refractivity contribution in [2.45, 2.75) is 31.3 Å². The predicted octanol–water partition coefficient (Wildman–Crippen LogP) is 2.28. The number of nitrogens with one attached hydrogen (secondary N) is 3. The molecule has 2 aromatic carbocycles. The van der Waals surface area contributed by atoms with Crippen LogP contribution < -0.4 is 15.4 Å². The van der Waals surface area contributed by atoms with Crippen LogP contribution in [0.15, 0.2) is 53.4 Å². The zero-order valence-electron chi connectivity index (χ0n) is 14.8. The van der Waals surface area contributed by atoms with Gasteiger partial charge in [-0.2, -0.15) is 4.72 Å². The van der Waals surface area contributed by atoms with E-state index in [9.17, 15) is 18.0 Å². The van der Waals surface area contributed by atoms with Gasteiger partial charge in [-0.15, -0.1) is 0 Å². The second-order valence-corrected chi connectivity index (χ2v) is 8.05. The second-order valence-electron chi connectivity index (χ2n) is 5.90. The summed E-state index contributed by atoms with van der Waals surface area (Å²) >= 11 is 5.89. The number of sulfonamides is 1. The van der Waals surface area contributed by atoms with Gasteiger partial charge in [0.25, 0.3) is 0 Å². The van der Waals surface area contributed by atoms with E-state index < -0.39 is 22.0 Å². The SMILES string of the molecule is CC(=O)Nc1ccc(S(=O)(=O)N[C@@H](C)C(=O)NCc2cccc(Cl)c2)cc1. The normalized spacial score (nSPS) is 12.3. The zero-order chi connectivity index (χ0) is 20.0. The Balaban J connectivity index is 1.97. The molecule has 0 aliphatic carbocycles. The lowest BCUT2D eigenvalue weighted by Gasteiger charge is -2.15. The summed E-state index contributed by atoms with van der Waals surface area (Å²) in [5.74, 6) is -0.720. The van der Waals surface area contributed by atoms with Gasteiger partial charge in [0.15, 0.2) is 0 Å². The standard InChI is InChI=1S/C18H20ClN3O4S/c1-12(18(24)20-11-14-4-3-5-15(19)10-14)22-27(25,26)17-8-6-16(7-9-17)21-13(2)23/h3-10,12,22H,11H2,1-2H3,(H,20,24)(H,21,23)/t12-/m0/s1. The topological polar surface area (TPSA) is 104 Å². The second kappa shape index (κ2) is 8.98. The number of anilines is 1. The van der Waals surface area contributed by atoms with Gasteiger partial charge in [-0.3, -0.25) is 9.59 Å². The van der Waals surface area contributed by atoms with E-state index in [1.165, 1.54) is 38.1 Å². The third kappa shape index (κ3) is 6.35. The van der Waals surface area contributed by atoms with Crippen molar-refractivity contribution >= 4 is 39.1 Å². The summed E-state index contributed by atoms with van der Waals surface area (Å²) in [4.78, 5) is 23.2. The molecule has 0 aliphatic rings. The lowest BCUT2D eigenvalue weighted by Crippen LogP contribution is -2.44. The largest absolute Gasteiger partial charge is 0.351 e. The van der Waals surface area contributed by atoms with E-state index in [-0.39, 0.29) is 17.3 Å². The number of carbonyl (C=O) groups excluding carboxylic acids is 2. The van der Waals surface area contributed by atoms with Gasteiger partial charge in [0.2, 0.25) is 21.8 Å². The molecule has 0 spiro atoms. The van der Waals surface area contributed by atoms with Crippen LogP contribution in [0.4, 0.5) is 5.69 Å². The highest BCUT2D eigenvalue weighted by atomic mass is 35.5. The Bertz CT molecular complexity index is 930. The van der Waals surface area contributed by atoms with Crippen LogP contribution in [0.1, 0.15) is 19.4 Å². The summed E-state index contributed by atoms with van der Waals surface area (Å²) in [6.07, 6.45) is 0. The van der Waals surface area contributed by atoms with Gasteiger partial charge in [-0.25, -0.2) is 8.42 Å². The van der Waals surface area contributed by atoms with Crippen molar-refractivity contribution in [3.05, 3.63) is 59.1 Å². The molecule has 27 heavy (non-hydrogen) atoms. The summed E-state index contributed by atoms with van der Waals surface area (Å²) in [5, 5.41) is 5.76. The third-order valence-corrected chi connectivity index (χ3v) is 5.36. The number of hydrogen-bond acceptors (Lipinski definition) is 4. The molecule has 3 N–H and O–H groups in total. The van der Waals surface area contributed by atoms with Crippen molar-refractivity contribution in [1.29, 1.82) is 0 Å². The molecule has 0 unspecified atom stereocenters. The van der Waals surface area contributed by atoms with Gasteiger partial charge in [0.1, 0.15) is 0 Å². The quantitative estimate of drug-likeness (QED) is 0.652. The van der Waals surface area contributed by atoms with Crippen LogP contribution in [0.3, 0.4) is 0 Å². The number of benzene rings is 2. The molecule has 0 radical (unpaired) electrons. The Labute approximate surface area is 163 Å². The predicted molar refractivity (Wildman–Crippen MR) is 104 cm³/mol. The maximum atomic E-state index is 12.4. The lowest BCUT2D eigenvalue weighted by atomic mass is 10.2. The first-order valence-electron chi connectivity index (χ1n) is 8.09. The maximum Gasteiger partial charge on any atom is 0.241 e. The molecule has 7 nitrogen and oxygen atoms in total. The minimum Gasteiger partial charge on any atom is -0.351 e. The van der Waals surface area contributed by atoms with E-state index in [1.54, 1.807) is 24.3 Å². The van der Waals surface area contributed by atoms with E-state index in [0.717, 1.165) is 5.56 Å². The van der Waals surface area contributed by atoms with E-state index in [4.69, 9.17) is 11.6 Å². The van der Waals surface area contributed by atoms with Crippen molar-refractivity contribution < 1.29 is 18.0 Å². The molecule has 2 aromatic rings. The first-order valence-corrected chi connectivity index (χ1v) is 9.95. The molecule has 2 rings (SSSR count). The van der Waals surface area contributed by atoms with Gasteiger partial charge in [-0.1, -0.05) is 23.7 Å². The van der Waals surface area contributed by atoms with Gasteiger partial charge in [0, 0.05) is 24.2 Å². The van der Waals surface area contributed by atoms with Crippen LogP contribution in [0.5, 0.6) is 0 Å². The van der Waals surface area contributed by atoms with Crippen LogP contribution >= 0.6 is 11.6 Å². The molecule has 0 aliphatic heterocycles. The highest BCUT2D eigenvalue weighted by Crippen LogP contribution is 2.14. The smallest absolute Gasteiger partial charge is 0.241 e. The summed E-state index contributed by atoms with van der Waals surface area (Å²) in [6, 6.07) is 11.7. The molecule has 0 fully saturated rings. The molecule has 1 atom stereocenters. The van der Waals surface area contributed by atoms with Crippen LogP contribution in [0, 0.1) is 0 Å². The average molecular weight is 410 g/mol. The van der Waals surface area contributed by atoms with Crippen LogP contribution in [0.25, 0.3) is 0 Å². The number of hydrogen-bond donors (Lipinski definition) is 3. The van der Waals surface area contributed by atoms with E-state index in [2.05, 4.69) is 15.4 Å². The molecule has 2 amide bonds. The molecule has 0 saturated carbocycles. The minimum atomic E-state index is -3.88. The lowest BCUT2D eigenvalue weighted by molar-refractivity contribution is -0.122. The van der Waals surface area contributed by atoms with Crippen LogP contribution in [-0.4, -0.2) is 26.3 Å². The highest BCUT2D eigenvalue weighted by Gasteiger charge is 2.22. The van der Waals surface area contributed by atoms with Gasteiger partial charge in [0.05, 0.1) is 10.9 Å². The number of amides is 2. The first kappa shape index (κ1) is 20.9. The van der Waals surface area contributed by atoms with Crippen LogP contribution in [-0.2, 0) is 26.2 Å². The Morgan fingerprint density at radius 3 is 2.37 bits per heavy atom. The van der Waals surface area contributed by atoms with Crippen molar-refractivity contribution in [1.82, 2.24) is 10.0 Å². The fraction of sp³-hybridized carbons (Fsp3) is 0.222. The van der Waals surface area contributed by atoms with E-state index in [0.29, 0.717) is 10.7 Å². The van der Waals surface area contributed by atoms with E-state index in [1.807, 2.05) is 0 Å². The summed E-state index contributed by atoms with van der Waals surface area (Å²) in [6.45, 7) is 3.04. The van der Waals surface area contributed by atoms with Crippen molar-refractivity contribution in [3.63, 3.8) is 0 Å². The van der Waals surface area contributed by atoms with Crippen LogP contribution in [0.2, 0.25) is 5.02 Å². The van der Waals surface area contributed by atoms with E-state index >= 15 is 0 Å². The third-order valence-electron chi connectivity index (χ3n) is 3.57. The Morgan fingerprint density at radius 2 is 1.78 bits per heavy atom. The summed E-state index contributed by atoms with van der Waals surface area (Å²) in [7, 11) is -3.88. The maximum absolute atomic E-state index is 12.4. The molecule has 144 valence electrons. The molecule has 9 heteroatoms. The average Bonchev–Trinajstić information content (AvgIpc) is 2.59. The number of rotatable bonds is 7. The monoisotopic (exact) mass is 409 g/mol. The first-order chi connectivity index (χ1) is 12.7. The Morgan fingerprint density at radius 1 is 1.11 bits per heavy atom. The van der Waals surface area contributed by atoms with Gasteiger partial charge < -0.3 is 10.6 Å². The highest BCUT2D eigenvalue weighted by molar-refractivity contribution is 7.89. The number of halogens is 1. The molecule has 0 saturated heterocycles. The molecule has 0 aromatic heterocycles. The summed E-state index contributed by atoms with van der Waals surface area (Å²) in [5.41, 5.74) is 1.29. The Hall–Kier alpha value is -2.42. The fourth-order valence-corrected chi connectivity index (χ4v) is 3.68. The number of carbonyl (C=O) groups is 2.